The zero-order valence-electron chi connectivity index (χ0n) is 19.3. The largest absolute Gasteiger partial charge is 0.489 e. The molecule has 1 fully saturated rings. The molecule has 2 heterocycles. The predicted octanol–water partition coefficient (Wildman–Crippen LogP) is 4.34. The lowest BCUT2D eigenvalue weighted by atomic mass is 10.0. The Morgan fingerprint density at radius 3 is 2.62 bits per heavy atom. The van der Waals surface area contributed by atoms with Crippen molar-refractivity contribution in [1.82, 2.24) is 15.5 Å². The molecule has 1 saturated heterocycles. The number of ether oxygens (including phenoxy) is 1. The van der Waals surface area contributed by atoms with E-state index >= 15 is 0 Å². The summed E-state index contributed by atoms with van der Waals surface area (Å²) in [6.45, 7) is 4.71. The number of likely N-dealkylation sites (tertiary alicyclic amines) is 1. The van der Waals surface area contributed by atoms with E-state index in [9.17, 15) is 14.0 Å². The van der Waals surface area contributed by atoms with Crippen LogP contribution in [-0.2, 0) is 11.4 Å². The van der Waals surface area contributed by atoms with E-state index in [1.165, 1.54) is 17.4 Å². The Morgan fingerprint density at radius 1 is 1.12 bits per heavy atom. The highest BCUT2D eigenvalue weighted by atomic mass is 32.1. The Bertz CT molecular complexity index is 1130. The minimum Gasteiger partial charge on any atom is -0.489 e. The molecule has 2 aromatic carbocycles. The van der Waals surface area contributed by atoms with Crippen LogP contribution >= 0.6 is 11.3 Å². The lowest BCUT2D eigenvalue weighted by Gasteiger charge is -2.31. The number of hydrogen-bond acceptors (Lipinski definition) is 5. The van der Waals surface area contributed by atoms with Crippen molar-refractivity contribution >= 4 is 33.2 Å². The van der Waals surface area contributed by atoms with Crippen molar-refractivity contribution in [2.45, 2.75) is 38.8 Å². The number of piperidine rings is 1. The van der Waals surface area contributed by atoms with E-state index in [2.05, 4.69) is 15.5 Å². The number of amides is 2. The monoisotopic (exact) mass is 483 g/mol. The lowest BCUT2D eigenvalue weighted by molar-refractivity contribution is -0.122. The summed E-state index contributed by atoms with van der Waals surface area (Å²) < 4.78 is 21.3. The maximum absolute atomic E-state index is 14.7. The molecule has 0 unspecified atom stereocenters. The summed E-state index contributed by atoms with van der Waals surface area (Å²) >= 11 is 1.29. The Hall–Kier alpha value is -2.97. The molecule has 180 valence electrons. The van der Waals surface area contributed by atoms with Crippen LogP contribution < -0.4 is 15.4 Å². The Morgan fingerprint density at radius 2 is 1.88 bits per heavy atom. The van der Waals surface area contributed by atoms with Crippen LogP contribution in [0, 0.1) is 5.82 Å². The van der Waals surface area contributed by atoms with Crippen LogP contribution in [0.15, 0.2) is 48.5 Å². The van der Waals surface area contributed by atoms with Crippen molar-refractivity contribution in [1.29, 1.82) is 0 Å². The van der Waals surface area contributed by atoms with Gasteiger partial charge in [-0.2, -0.15) is 0 Å². The first kappa shape index (κ1) is 24.2. The number of hydrogen-bond donors (Lipinski definition) is 2. The van der Waals surface area contributed by atoms with Gasteiger partial charge in [-0.25, -0.2) is 4.39 Å². The molecular formula is C26H30FN3O3S. The summed E-state index contributed by atoms with van der Waals surface area (Å²) in [5, 5.41) is 6.47. The summed E-state index contributed by atoms with van der Waals surface area (Å²) in [6.07, 6.45) is 2.45. The number of benzene rings is 2. The summed E-state index contributed by atoms with van der Waals surface area (Å²) in [7, 11) is 0. The van der Waals surface area contributed by atoms with Gasteiger partial charge in [0, 0.05) is 41.3 Å². The number of carbonyl (C=O) groups is 2. The highest BCUT2D eigenvalue weighted by molar-refractivity contribution is 7.21. The third-order valence-electron chi connectivity index (χ3n) is 5.96. The van der Waals surface area contributed by atoms with Gasteiger partial charge >= 0.3 is 0 Å². The van der Waals surface area contributed by atoms with Gasteiger partial charge in [-0.1, -0.05) is 31.2 Å². The zero-order chi connectivity index (χ0) is 23.9. The predicted molar refractivity (Wildman–Crippen MR) is 133 cm³/mol. The Kier molecular flexibility index (Phi) is 8.13. The Labute approximate surface area is 203 Å². The van der Waals surface area contributed by atoms with Gasteiger partial charge in [0.25, 0.3) is 5.91 Å². The molecule has 4 rings (SSSR count). The van der Waals surface area contributed by atoms with E-state index in [0.29, 0.717) is 34.7 Å². The molecule has 0 atom stereocenters. The number of thiophene rings is 1. The topological polar surface area (TPSA) is 70.7 Å². The maximum atomic E-state index is 14.7. The minimum atomic E-state index is -0.353. The molecule has 1 aliphatic heterocycles. The van der Waals surface area contributed by atoms with Gasteiger partial charge in [-0.05, 0) is 43.5 Å². The van der Waals surface area contributed by atoms with Gasteiger partial charge in [0.05, 0.1) is 11.4 Å². The number of fused-ring (bicyclic) bond motifs is 1. The van der Waals surface area contributed by atoms with Crippen LogP contribution in [0.25, 0.3) is 10.1 Å². The normalized spacial score (nSPS) is 14.8. The van der Waals surface area contributed by atoms with E-state index in [1.807, 2.05) is 43.3 Å². The number of halogens is 1. The van der Waals surface area contributed by atoms with Crippen LogP contribution in [0.2, 0.25) is 0 Å². The van der Waals surface area contributed by atoms with Crippen LogP contribution in [0.3, 0.4) is 0 Å². The van der Waals surface area contributed by atoms with Gasteiger partial charge in [0.15, 0.2) is 0 Å². The molecule has 6 nitrogen and oxygen atoms in total. The molecule has 0 spiro atoms. The van der Waals surface area contributed by atoms with E-state index in [4.69, 9.17) is 4.74 Å². The minimum absolute atomic E-state index is 0.0143. The lowest BCUT2D eigenvalue weighted by Crippen LogP contribution is -2.47. The average molecular weight is 484 g/mol. The van der Waals surface area contributed by atoms with Crippen LogP contribution in [0.5, 0.6) is 5.75 Å². The van der Waals surface area contributed by atoms with Gasteiger partial charge in [0.2, 0.25) is 5.91 Å². The van der Waals surface area contributed by atoms with E-state index in [1.54, 1.807) is 6.07 Å². The highest BCUT2D eigenvalue weighted by Gasteiger charge is 2.26. The molecule has 2 N–H and O–H groups in total. The fraction of sp³-hybridized carbons (Fsp3) is 0.385. The van der Waals surface area contributed by atoms with Crippen LogP contribution in [0.4, 0.5) is 4.39 Å². The van der Waals surface area contributed by atoms with Gasteiger partial charge < -0.3 is 15.4 Å². The van der Waals surface area contributed by atoms with Gasteiger partial charge in [-0.3, -0.25) is 14.5 Å². The van der Waals surface area contributed by atoms with E-state index < -0.39 is 0 Å². The molecule has 0 saturated carbocycles. The van der Waals surface area contributed by atoms with E-state index in [0.717, 1.165) is 37.1 Å². The highest BCUT2D eigenvalue weighted by Crippen LogP contribution is 2.34. The van der Waals surface area contributed by atoms with Gasteiger partial charge in [0.1, 0.15) is 18.2 Å². The number of nitrogens with zero attached hydrogens (tertiary/aromatic N) is 1. The molecule has 8 heteroatoms. The molecule has 0 bridgehead atoms. The fourth-order valence-electron chi connectivity index (χ4n) is 4.17. The summed E-state index contributed by atoms with van der Waals surface area (Å²) in [5.74, 6) is 0.153. The Balaban J connectivity index is 1.42. The van der Waals surface area contributed by atoms with Crippen molar-refractivity contribution in [3.05, 3.63) is 64.8 Å². The molecule has 0 aliphatic carbocycles. The molecule has 34 heavy (non-hydrogen) atoms. The number of nitrogens with one attached hydrogen (secondary N) is 2. The summed E-state index contributed by atoms with van der Waals surface area (Å²) in [4.78, 5) is 27.8. The third kappa shape index (κ3) is 5.93. The molecule has 2 amide bonds. The standard InChI is InChI=1S/C26H30FN3O3S/c1-2-13-28-23(31)16-30-14-11-18(12-15-30)29-26(32)25-20(17-33-19-7-4-3-5-8-19)24-21(27)9-6-10-22(24)34-25/h3-10,18H,2,11-17H2,1H3,(H,28,31)(H,29,32). The number of para-hydroxylation sites is 1. The van der Waals surface area contributed by atoms with E-state index in [-0.39, 0.29) is 30.3 Å². The second-order valence-electron chi connectivity index (χ2n) is 8.50. The fourth-order valence-corrected chi connectivity index (χ4v) is 5.30. The first-order chi connectivity index (χ1) is 16.5. The smallest absolute Gasteiger partial charge is 0.262 e. The molecule has 1 aliphatic rings. The third-order valence-corrected chi connectivity index (χ3v) is 7.15. The van der Waals surface area contributed by atoms with Crippen molar-refractivity contribution in [3.63, 3.8) is 0 Å². The maximum Gasteiger partial charge on any atom is 0.262 e. The molecule has 0 radical (unpaired) electrons. The number of rotatable bonds is 9. The molecular weight excluding hydrogens is 453 g/mol. The van der Waals surface area contributed by atoms with Crippen molar-refractivity contribution < 1.29 is 18.7 Å². The van der Waals surface area contributed by atoms with Crippen molar-refractivity contribution in [2.24, 2.45) is 0 Å². The second kappa shape index (κ2) is 11.4. The first-order valence-corrected chi connectivity index (χ1v) is 12.5. The van der Waals surface area contributed by atoms with Gasteiger partial charge in [-0.15, -0.1) is 11.3 Å². The van der Waals surface area contributed by atoms with Crippen molar-refractivity contribution in [2.75, 3.05) is 26.2 Å². The average Bonchev–Trinajstić information content (AvgIpc) is 3.23. The summed E-state index contributed by atoms with van der Waals surface area (Å²) in [6, 6.07) is 14.2. The second-order valence-corrected chi connectivity index (χ2v) is 9.55. The van der Waals surface area contributed by atoms with Crippen LogP contribution in [0.1, 0.15) is 41.4 Å². The number of carbonyl (C=O) groups excluding carboxylic acids is 2. The van der Waals surface area contributed by atoms with Crippen LogP contribution in [-0.4, -0.2) is 48.9 Å². The SMILES string of the molecule is CCCNC(=O)CN1CCC(NC(=O)c2sc3cccc(F)c3c2COc2ccccc2)CC1. The zero-order valence-corrected chi connectivity index (χ0v) is 20.1. The quantitative estimate of drug-likeness (QED) is 0.475. The first-order valence-electron chi connectivity index (χ1n) is 11.7. The van der Waals surface area contributed by atoms with Crippen molar-refractivity contribution in [3.8, 4) is 5.75 Å². The summed E-state index contributed by atoms with van der Waals surface area (Å²) in [5.41, 5.74) is 0.574. The molecule has 1 aromatic heterocycles. The molecule has 3 aromatic rings.